The summed E-state index contributed by atoms with van der Waals surface area (Å²) in [6.07, 6.45) is 0.799. The quantitative estimate of drug-likeness (QED) is 0.194. The second-order valence-electron chi connectivity index (χ2n) is 11.9. The minimum Gasteiger partial charge on any atom is -0.406 e. The molecule has 5 N–H and O–H groups in total. The Kier molecular flexibility index (Phi) is 9.46. The number of aromatic nitrogens is 1. The fourth-order valence-electron chi connectivity index (χ4n) is 6.39. The first kappa shape index (κ1) is 31.1. The zero-order valence-corrected chi connectivity index (χ0v) is 24.7. The first-order valence-electron chi connectivity index (χ1n) is 14.9. The number of ether oxygens (including phenoxy) is 1. The van der Waals surface area contributed by atoms with Gasteiger partial charge in [-0.2, -0.15) is 0 Å². The first-order chi connectivity index (χ1) is 20.6. The fraction of sp³-hybridized carbons (Fsp3) is 0.412. The van der Waals surface area contributed by atoms with Crippen LogP contribution in [0.1, 0.15) is 41.5 Å². The number of aliphatic hydroxyl groups is 1. The number of aryl methyl sites for hydroxylation is 2. The molecule has 6 nitrogen and oxygen atoms in total. The van der Waals surface area contributed by atoms with Crippen molar-refractivity contribution in [1.29, 1.82) is 0 Å². The molecule has 3 aromatic carbocycles. The predicted octanol–water partition coefficient (Wildman–Crippen LogP) is 6.14. The Morgan fingerprint density at radius 3 is 2.42 bits per heavy atom. The van der Waals surface area contributed by atoms with Crippen molar-refractivity contribution in [2.75, 3.05) is 26.2 Å². The summed E-state index contributed by atoms with van der Waals surface area (Å²) in [5.74, 6) is -0.282. The number of hydrogen-bond acceptors (Lipinski definition) is 5. The van der Waals surface area contributed by atoms with Gasteiger partial charge in [0.15, 0.2) is 0 Å². The molecular weight excluding hydrogens is 553 g/mol. The Hall–Kier alpha value is -3.37. The summed E-state index contributed by atoms with van der Waals surface area (Å²) in [5, 5.41) is 11.4. The number of nitrogens with zero attached hydrogens (tertiary/aromatic N) is 2. The van der Waals surface area contributed by atoms with Crippen molar-refractivity contribution in [3.63, 3.8) is 0 Å². The van der Waals surface area contributed by atoms with Gasteiger partial charge in [0.1, 0.15) is 5.75 Å². The molecule has 0 bridgehead atoms. The molecule has 1 aliphatic heterocycles. The van der Waals surface area contributed by atoms with Gasteiger partial charge in [0.05, 0.1) is 0 Å². The summed E-state index contributed by atoms with van der Waals surface area (Å²) < 4.78 is 44.9. The van der Waals surface area contributed by atoms with Crippen LogP contribution in [0, 0.1) is 12.3 Å². The Morgan fingerprint density at radius 2 is 1.74 bits per heavy atom. The maximum absolute atomic E-state index is 12.9. The number of aliphatic hydroxyl groups excluding tert-OH is 1. The topological polar surface area (TPSA) is 89.7 Å². The molecule has 0 spiro atoms. The van der Waals surface area contributed by atoms with Gasteiger partial charge in [-0.05, 0) is 104 Å². The Bertz CT molecular complexity index is 1540. The molecule has 0 radical (unpaired) electrons. The summed E-state index contributed by atoms with van der Waals surface area (Å²) in [4.78, 5) is 2.44. The number of piperidine rings is 1. The van der Waals surface area contributed by atoms with E-state index in [4.69, 9.17) is 11.5 Å². The van der Waals surface area contributed by atoms with Crippen LogP contribution in [0.15, 0.2) is 66.9 Å². The lowest BCUT2D eigenvalue weighted by Crippen LogP contribution is -2.42. The monoisotopic (exact) mass is 594 g/mol. The number of likely N-dealkylation sites (tertiary alicyclic amines) is 1. The molecule has 0 unspecified atom stereocenters. The lowest BCUT2D eigenvalue weighted by Gasteiger charge is -2.41. The van der Waals surface area contributed by atoms with E-state index >= 15 is 0 Å². The second-order valence-corrected chi connectivity index (χ2v) is 11.9. The van der Waals surface area contributed by atoms with Crippen LogP contribution in [0.3, 0.4) is 0 Å². The molecule has 43 heavy (non-hydrogen) atoms. The van der Waals surface area contributed by atoms with Crippen molar-refractivity contribution < 1.29 is 23.0 Å². The van der Waals surface area contributed by atoms with Crippen LogP contribution in [-0.2, 0) is 26.1 Å². The van der Waals surface area contributed by atoms with E-state index in [1.807, 2.05) is 6.20 Å². The number of benzene rings is 3. The highest BCUT2D eigenvalue weighted by Gasteiger charge is 2.34. The van der Waals surface area contributed by atoms with Crippen molar-refractivity contribution in [1.82, 2.24) is 9.47 Å². The smallest absolute Gasteiger partial charge is 0.406 e. The van der Waals surface area contributed by atoms with E-state index < -0.39 is 6.36 Å². The third-order valence-corrected chi connectivity index (χ3v) is 8.69. The molecule has 230 valence electrons. The van der Waals surface area contributed by atoms with Gasteiger partial charge in [0, 0.05) is 48.9 Å². The largest absolute Gasteiger partial charge is 0.573 e. The highest BCUT2D eigenvalue weighted by molar-refractivity contribution is 5.97. The van der Waals surface area contributed by atoms with Gasteiger partial charge >= 0.3 is 6.36 Å². The molecule has 1 saturated heterocycles. The van der Waals surface area contributed by atoms with Gasteiger partial charge < -0.3 is 25.9 Å². The molecule has 0 atom stereocenters. The average molecular weight is 595 g/mol. The summed E-state index contributed by atoms with van der Waals surface area (Å²) in [7, 11) is 0. The molecule has 1 fully saturated rings. The van der Waals surface area contributed by atoms with E-state index in [9.17, 15) is 18.3 Å². The Balaban J connectivity index is 1.39. The normalized spacial score (nSPS) is 15.7. The highest BCUT2D eigenvalue weighted by Crippen LogP contribution is 2.38. The SMILES string of the molecule is Cc1cccc(CC2(CO)CCN(Cc3ccc4c(c3)c(-c3ccc(OC(F)(F)F)cc3CN)cn4CCCN)CC2)c1. The third-order valence-electron chi connectivity index (χ3n) is 8.69. The van der Waals surface area contributed by atoms with Crippen molar-refractivity contribution in [2.24, 2.45) is 16.9 Å². The number of rotatable bonds is 11. The molecule has 0 aliphatic carbocycles. The molecule has 1 aromatic heterocycles. The van der Waals surface area contributed by atoms with Crippen LogP contribution in [0.25, 0.3) is 22.0 Å². The lowest BCUT2D eigenvalue weighted by atomic mass is 9.74. The molecule has 0 amide bonds. The summed E-state index contributed by atoms with van der Waals surface area (Å²) in [6, 6.07) is 19.4. The van der Waals surface area contributed by atoms with Crippen LogP contribution in [-0.4, -0.2) is 47.2 Å². The Morgan fingerprint density at radius 1 is 0.953 bits per heavy atom. The van der Waals surface area contributed by atoms with Crippen LogP contribution in [0.4, 0.5) is 13.2 Å². The molecule has 0 saturated carbocycles. The molecule has 5 rings (SSSR count). The van der Waals surface area contributed by atoms with E-state index in [1.54, 1.807) is 6.07 Å². The van der Waals surface area contributed by atoms with Crippen LogP contribution < -0.4 is 16.2 Å². The van der Waals surface area contributed by atoms with Gasteiger partial charge in [-0.25, -0.2) is 0 Å². The molecule has 1 aliphatic rings. The number of fused-ring (bicyclic) bond motifs is 1. The van der Waals surface area contributed by atoms with Crippen LogP contribution >= 0.6 is 0 Å². The zero-order valence-electron chi connectivity index (χ0n) is 24.7. The minimum atomic E-state index is -4.77. The standard InChI is InChI=1S/C34H41F3N4O2/c1-24-4-2-5-25(16-24)19-33(23-42)10-14-40(15-11-33)21-26-6-9-32-30(17-26)31(22-41(32)13-3-12-38)29-8-7-28(18-27(29)20-39)43-34(35,36)37/h2,4-9,16-18,22,42H,3,10-15,19-21,23,38-39H2,1H3. The van der Waals surface area contributed by atoms with Crippen molar-refractivity contribution in [3.05, 3.63) is 89.1 Å². The maximum Gasteiger partial charge on any atom is 0.573 e. The minimum absolute atomic E-state index is 0.0719. The van der Waals surface area contributed by atoms with Gasteiger partial charge in [0.25, 0.3) is 0 Å². The number of halogens is 3. The first-order valence-corrected chi connectivity index (χ1v) is 14.9. The van der Waals surface area contributed by atoms with E-state index in [-0.39, 0.29) is 24.3 Å². The molecule has 4 aromatic rings. The predicted molar refractivity (Wildman–Crippen MR) is 165 cm³/mol. The van der Waals surface area contributed by atoms with E-state index in [0.717, 1.165) is 79.5 Å². The van der Waals surface area contributed by atoms with Gasteiger partial charge in [-0.3, -0.25) is 4.90 Å². The zero-order chi connectivity index (χ0) is 30.6. The van der Waals surface area contributed by atoms with Gasteiger partial charge in [0.2, 0.25) is 0 Å². The summed E-state index contributed by atoms with van der Waals surface area (Å²) >= 11 is 0. The third kappa shape index (κ3) is 7.41. The fourth-order valence-corrected chi connectivity index (χ4v) is 6.39. The number of nitrogens with two attached hydrogens (primary N) is 2. The second kappa shape index (κ2) is 13.1. The van der Waals surface area contributed by atoms with Gasteiger partial charge in [-0.1, -0.05) is 42.0 Å². The molecule has 9 heteroatoms. The van der Waals surface area contributed by atoms with Crippen molar-refractivity contribution >= 4 is 10.9 Å². The average Bonchev–Trinajstić information content (AvgIpc) is 3.33. The summed E-state index contributed by atoms with van der Waals surface area (Å²) in [5.41, 5.74) is 18.7. The van der Waals surface area contributed by atoms with E-state index in [2.05, 4.69) is 63.6 Å². The van der Waals surface area contributed by atoms with Crippen molar-refractivity contribution in [3.8, 4) is 16.9 Å². The van der Waals surface area contributed by atoms with E-state index in [0.29, 0.717) is 12.1 Å². The highest BCUT2D eigenvalue weighted by atomic mass is 19.4. The molecular formula is C34H41F3N4O2. The number of alkyl halides is 3. The summed E-state index contributed by atoms with van der Waals surface area (Å²) in [6.45, 7) is 6.20. The maximum atomic E-state index is 12.9. The Labute approximate surface area is 251 Å². The lowest BCUT2D eigenvalue weighted by molar-refractivity contribution is -0.274. The van der Waals surface area contributed by atoms with Crippen molar-refractivity contribution in [2.45, 2.75) is 58.6 Å². The van der Waals surface area contributed by atoms with E-state index in [1.165, 1.54) is 23.3 Å². The van der Waals surface area contributed by atoms with Gasteiger partial charge in [-0.15, -0.1) is 13.2 Å². The van der Waals surface area contributed by atoms with Crippen LogP contribution in [0.5, 0.6) is 5.75 Å². The molecule has 2 heterocycles. The van der Waals surface area contributed by atoms with Crippen LogP contribution in [0.2, 0.25) is 0 Å². The number of hydrogen-bond donors (Lipinski definition) is 3.